The van der Waals surface area contributed by atoms with Crippen LogP contribution in [0.5, 0.6) is 0 Å². The highest BCUT2D eigenvalue weighted by Crippen LogP contribution is 2.41. The maximum atomic E-state index is 13.5. The van der Waals surface area contributed by atoms with Crippen molar-refractivity contribution in [3.05, 3.63) is 36.8 Å². The number of rotatable bonds is 4. The summed E-state index contributed by atoms with van der Waals surface area (Å²) in [6.45, 7) is 1.53. The van der Waals surface area contributed by atoms with Gasteiger partial charge in [-0.25, -0.2) is 18.9 Å². The van der Waals surface area contributed by atoms with Gasteiger partial charge in [0.05, 0.1) is 22.8 Å². The molecule has 2 aliphatic heterocycles. The molecule has 6 rings (SSSR count). The fourth-order valence-electron chi connectivity index (χ4n) is 5.12. The van der Waals surface area contributed by atoms with Gasteiger partial charge in [-0.15, -0.1) is 0 Å². The van der Waals surface area contributed by atoms with Crippen LogP contribution in [0, 0.1) is 5.92 Å². The van der Waals surface area contributed by atoms with Crippen molar-refractivity contribution >= 4 is 23.1 Å². The van der Waals surface area contributed by atoms with Crippen molar-refractivity contribution in [2.45, 2.75) is 37.5 Å². The van der Waals surface area contributed by atoms with Crippen molar-refractivity contribution in [2.75, 3.05) is 30.4 Å². The number of aromatic nitrogens is 4. The van der Waals surface area contributed by atoms with Gasteiger partial charge in [0.15, 0.2) is 0 Å². The van der Waals surface area contributed by atoms with Crippen LogP contribution in [0.15, 0.2) is 36.8 Å². The number of carbonyl (C=O) groups excluding carboxylic acids is 1. The SMILES string of the molecule is CNc1nccc(-c2cc3c(N4CC5CCC(C4)N5C(=O)[C@@H]4C[C@H]4F)ccnn3c2)n1. The fraction of sp³-hybridized carbons (Fsp3) is 0.455. The Hall–Kier alpha value is -3.23. The molecule has 1 aliphatic carbocycles. The predicted molar refractivity (Wildman–Crippen MR) is 115 cm³/mol. The monoisotopic (exact) mass is 421 g/mol. The number of hydrogen-bond acceptors (Lipinski definition) is 6. The van der Waals surface area contributed by atoms with Gasteiger partial charge < -0.3 is 15.1 Å². The van der Waals surface area contributed by atoms with Gasteiger partial charge in [-0.3, -0.25) is 4.79 Å². The zero-order valence-corrected chi connectivity index (χ0v) is 17.3. The van der Waals surface area contributed by atoms with Gasteiger partial charge in [-0.2, -0.15) is 5.10 Å². The zero-order valence-electron chi connectivity index (χ0n) is 17.3. The third kappa shape index (κ3) is 3.02. The van der Waals surface area contributed by atoms with E-state index in [0.29, 0.717) is 12.4 Å². The number of halogens is 1. The van der Waals surface area contributed by atoms with Crippen LogP contribution in [0.25, 0.3) is 16.8 Å². The summed E-state index contributed by atoms with van der Waals surface area (Å²) in [5.41, 5.74) is 3.91. The zero-order chi connectivity index (χ0) is 21.1. The molecule has 2 bridgehead atoms. The van der Waals surface area contributed by atoms with Crippen molar-refractivity contribution in [1.29, 1.82) is 0 Å². The minimum atomic E-state index is -0.936. The minimum Gasteiger partial charge on any atom is -0.366 e. The number of anilines is 2. The average Bonchev–Trinajstić information content (AvgIpc) is 3.25. The summed E-state index contributed by atoms with van der Waals surface area (Å²) in [7, 11) is 1.80. The summed E-state index contributed by atoms with van der Waals surface area (Å²) in [6.07, 6.45) is 6.95. The van der Waals surface area contributed by atoms with E-state index in [1.165, 1.54) is 0 Å². The van der Waals surface area contributed by atoms with E-state index in [4.69, 9.17) is 0 Å². The first-order chi connectivity index (χ1) is 15.1. The Morgan fingerprint density at radius 3 is 2.68 bits per heavy atom. The lowest BCUT2D eigenvalue weighted by atomic mass is 10.1. The third-order valence-corrected chi connectivity index (χ3v) is 6.77. The van der Waals surface area contributed by atoms with E-state index in [9.17, 15) is 9.18 Å². The quantitative estimate of drug-likeness (QED) is 0.697. The summed E-state index contributed by atoms with van der Waals surface area (Å²) >= 11 is 0. The first kappa shape index (κ1) is 18.5. The number of carbonyl (C=O) groups is 1. The number of hydrogen-bond donors (Lipinski definition) is 1. The molecular formula is C22H24FN7O. The molecule has 0 radical (unpaired) electrons. The van der Waals surface area contributed by atoms with Crippen LogP contribution in [-0.4, -0.2) is 68.8 Å². The Morgan fingerprint density at radius 2 is 1.97 bits per heavy atom. The lowest BCUT2D eigenvalue weighted by Crippen LogP contribution is -2.56. The molecule has 2 unspecified atom stereocenters. The smallest absolute Gasteiger partial charge is 0.229 e. The van der Waals surface area contributed by atoms with E-state index in [1.807, 2.05) is 33.9 Å². The largest absolute Gasteiger partial charge is 0.366 e. The highest BCUT2D eigenvalue weighted by Gasteiger charge is 2.51. The number of alkyl halides is 1. The summed E-state index contributed by atoms with van der Waals surface area (Å²) in [5.74, 6) is 0.198. The Balaban J connectivity index is 1.30. The second-order valence-corrected chi connectivity index (χ2v) is 8.68. The molecule has 1 saturated carbocycles. The van der Waals surface area contributed by atoms with Gasteiger partial charge in [0, 0.05) is 56.4 Å². The van der Waals surface area contributed by atoms with Crippen molar-refractivity contribution in [3.63, 3.8) is 0 Å². The van der Waals surface area contributed by atoms with Crippen LogP contribution in [0.3, 0.4) is 0 Å². The number of nitrogens with zero attached hydrogens (tertiary/aromatic N) is 6. The van der Waals surface area contributed by atoms with Crippen molar-refractivity contribution in [1.82, 2.24) is 24.5 Å². The van der Waals surface area contributed by atoms with Gasteiger partial charge in [-0.05, 0) is 37.5 Å². The van der Waals surface area contributed by atoms with Crippen molar-refractivity contribution in [2.24, 2.45) is 5.92 Å². The normalized spacial score (nSPS) is 27.0. The van der Waals surface area contributed by atoms with Crippen molar-refractivity contribution < 1.29 is 9.18 Å². The van der Waals surface area contributed by atoms with Crippen LogP contribution >= 0.6 is 0 Å². The highest BCUT2D eigenvalue weighted by atomic mass is 19.1. The Kier molecular flexibility index (Phi) is 4.12. The number of fused-ring (bicyclic) bond motifs is 3. The van der Waals surface area contributed by atoms with Crippen LogP contribution in [0.2, 0.25) is 0 Å². The summed E-state index contributed by atoms with van der Waals surface area (Å²) < 4.78 is 15.4. The Bertz CT molecular complexity index is 1150. The standard InChI is InChI=1S/C22H24FN7O/c1-24-22-25-6-4-18(27-22)13-8-20-19(5-7-26-29(20)10-13)28-11-14-2-3-15(12-28)30(14)21(31)16-9-17(16)23/h4-8,10,14-17H,2-3,9,11-12H2,1H3,(H,24,25,27)/t14?,15?,16-,17-/m1/s1. The molecule has 2 saturated heterocycles. The molecule has 31 heavy (non-hydrogen) atoms. The maximum Gasteiger partial charge on any atom is 0.229 e. The first-order valence-corrected chi connectivity index (χ1v) is 10.8. The van der Waals surface area contributed by atoms with Crippen molar-refractivity contribution in [3.8, 4) is 11.3 Å². The second-order valence-electron chi connectivity index (χ2n) is 8.68. The Labute approximate surface area is 179 Å². The topological polar surface area (TPSA) is 78.7 Å². The molecule has 8 nitrogen and oxygen atoms in total. The molecule has 3 aromatic rings. The van der Waals surface area contributed by atoms with Gasteiger partial charge in [0.25, 0.3) is 0 Å². The molecule has 4 atom stereocenters. The summed E-state index contributed by atoms with van der Waals surface area (Å²) in [6, 6.07) is 6.33. The molecule has 0 spiro atoms. The molecule has 5 heterocycles. The van der Waals surface area contributed by atoms with Gasteiger partial charge in [-0.1, -0.05) is 0 Å². The average molecular weight is 421 g/mol. The number of nitrogens with one attached hydrogen (secondary N) is 1. The van der Waals surface area contributed by atoms with Gasteiger partial charge >= 0.3 is 0 Å². The molecule has 3 aromatic heterocycles. The molecule has 9 heteroatoms. The highest BCUT2D eigenvalue weighted by molar-refractivity contribution is 5.84. The summed E-state index contributed by atoms with van der Waals surface area (Å²) in [4.78, 5) is 25.8. The molecule has 0 aromatic carbocycles. The third-order valence-electron chi connectivity index (χ3n) is 6.77. The van der Waals surface area contributed by atoms with E-state index in [0.717, 1.165) is 48.4 Å². The van der Waals surface area contributed by atoms with E-state index in [-0.39, 0.29) is 18.0 Å². The molecule has 160 valence electrons. The lowest BCUT2D eigenvalue weighted by Gasteiger charge is -2.42. The maximum absolute atomic E-state index is 13.5. The Morgan fingerprint density at radius 1 is 1.19 bits per heavy atom. The second kappa shape index (κ2) is 6.90. The van der Waals surface area contributed by atoms with E-state index < -0.39 is 12.1 Å². The predicted octanol–water partition coefficient (Wildman–Crippen LogP) is 2.37. The minimum absolute atomic E-state index is 0.0218. The number of amides is 1. The van der Waals surface area contributed by atoms with Crippen LogP contribution in [0.4, 0.5) is 16.0 Å². The van der Waals surface area contributed by atoms with Gasteiger partial charge in [0.2, 0.25) is 11.9 Å². The van der Waals surface area contributed by atoms with Crippen LogP contribution in [0.1, 0.15) is 19.3 Å². The molecule has 3 aliphatic rings. The molecule has 1 N–H and O–H groups in total. The molecule has 1 amide bonds. The van der Waals surface area contributed by atoms with E-state index in [2.05, 4.69) is 31.3 Å². The van der Waals surface area contributed by atoms with Crippen LogP contribution < -0.4 is 10.2 Å². The van der Waals surface area contributed by atoms with Gasteiger partial charge in [0.1, 0.15) is 6.17 Å². The van der Waals surface area contributed by atoms with E-state index >= 15 is 0 Å². The number of piperazine rings is 1. The summed E-state index contributed by atoms with van der Waals surface area (Å²) in [5, 5.41) is 7.46. The first-order valence-electron chi connectivity index (χ1n) is 10.8. The van der Waals surface area contributed by atoms with E-state index in [1.54, 1.807) is 13.2 Å². The lowest BCUT2D eigenvalue weighted by molar-refractivity contribution is -0.136. The fourth-order valence-corrected chi connectivity index (χ4v) is 5.12. The van der Waals surface area contributed by atoms with Crippen LogP contribution in [-0.2, 0) is 4.79 Å². The molecule has 3 fully saturated rings. The molecular weight excluding hydrogens is 397 g/mol.